The first-order valence-electron chi connectivity index (χ1n) is 10.2. The standard InChI is InChI=1S/C22H26FN5O/c1-28(22(29)21-14-20(26-27-21)15-6-7-15)12-4-2-3-5-18-13-19(25-24-18)16-8-10-17(23)11-9-16/h8-11,13-15H,2-7,12H2,1H3,(H,24,25)(H,26,27). The molecule has 1 fully saturated rings. The zero-order valence-electron chi connectivity index (χ0n) is 16.6. The van der Waals surface area contributed by atoms with Gasteiger partial charge in [-0.1, -0.05) is 6.42 Å². The van der Waals surface area contributed by atoms with E-state index in [1.54, 1.807) is 17.0 Å². The SMILES string of the molecule is CN(CCCCCc1cc(-c2ccc(F)cc2)n[nH]1)C(=O)c1cc(C2CC2)[nH]n1. The van der Waals surface area contributed by atoms with Crippen LogP contribution in [0.15, 0.2) is 36.4 Å². The lowest BCUT2D eigenvalue weighted by Crippen LogP contribution is -2.28. The fraction of sp³-hybridized carbons (Fsp3) is 0.409. The van der Waals surface area contributed by atoms with E-state index in [2.05, 4.69) is 20.4 Å². The van der Waals surface area contributed by atoms with Crippen LogP contribution in [0, 0.1) is 5.82 Å². The molecular formula is C22H26FN5O. The maximum atomic E-state index is 13.0. The van der Waals surface area contributed by atoms with Crippen LogP contribution in [0.1, 0.15) is 59.9 Å². The fourth-order valence-electron chi connectivity index (χ4n) is 3.45. The summed E-state index contributed by atoms with van der Waals surface area (Å²) in [6, 6.07) is 10.3. The minimum absolute atomic E-state index is 0.0225. The summed E-state index contributed by atoms with van der Waals surface area (Å²) in [7, 11) is 1.83. The first kappa shape index (κ1) is 19.4. The van der Waals surface area contributed by atoms with Gasteiger partial charge in [-0.25, -0.2) is 4.39 Å². The number of aryl methyl sites for hydroxylation is 1. The molecule has 0 spiro atoms. The molecule has 4 rings (SSSR count). The molecule has 2 aromatic heterocycles. The molecule has 7 heteroatoms. The van der Waals surface area contributed by atoms with Gasteiger partial charge in [-0.05, 0) is 68.5 Å². The molecule has 3 aromatic rings. The highest BCUT2D eigenvalue weighted by atomic mass is 19.1. The Labute approximate surface area is 169 Å². The number of nitrogens with zero attached hydrogens (tertiary/aromatic N) is 3. The van der Waals surface area contributed by atoms with Crippen molar-refractivity contribution in [3.05, 3.63) is 59.3 Å². The Kier molecular flexibility index (Phi) is 5.74. The molecule has 1 saturated carbocycles. The van der Waals surface area contributed by atoms with Crippen molar-refractivity contribution in [2.45, 2.75) is 44.4 Å². The van der Waals surface area contributed by atoms with Crippen molar-refractivity contribution in [1.29, 1.82) is 0 Å². The largest absolute Gasteiger partial charge is 0.340 e. The Morgan fingerprint density at radius 2 is 1.90 bits per heavy atom. The highest BCUT2D eigenvalue weighted by molar-refractivity contribution is 5.92. The van der Waals surface area contributed by atoms with Crippen LogP contribution < -0.4 is 0 Å². The highest BCUT2D eigenvalue weighted by Crippen LogP contribution is 2.39. The number of H-pyrrole nitrogens is 2. The molecule has 2 heterocycles. The van der Waals surface area contributed by atoms with E-state index in [1.807, 2.05) is 19.2 Å². The van der Waals surface area contributed by atoms with Crippen molar-refractivity contribution in [2.24, 2.45) is 0 Å². The second-order valence-electron chi connectivity index (χ2n) is 7.81. The Bertz CT molecular complexity index is 958. The van der Waals surface area contributed by atoms with Gasteiger partial charge in [0.2, 0.25) is 0 Å². The van der Waals surface area contributed by atoms with Crippen molar-refractivity contribution in [2.75, 3.05) is 13.6 Å². The molecule has 1 aliphatic rings. The molecule has 1 amide bonds. The lowest BCUT2D eigenvalue weighted by atomic mass is 10.1. The number of halogens is 1. The van der Waals surface area contributed by atoms with Crippen LogP contribution in [0.5, 0.6) is 0 Å². The normalized spacial score (nSPS) is 13.6. The van der Waals surface area contributed by atoms with Gasteiger partial charge in [-0.15, -0.1) is 0 Å². The summed E-state index contributed by atoms with van der Waals surface area (Å²) in [5.74, 6) is 0.301. The molecule has 1 aromatic carbocycles. The van der Waals surface area contributed by atoms with Crippen molar-refractivity contribution in [1.82, 2.24) is 25.3 Å². The van der Waals surface area contributed by atoms with Crippen LogP contribution in [0.4, 0.5) is 4.39 Å². The fourth-order valence-corrected chi connectivity index (χ4v) is 3.45. The van der Waals surface area contributed by atoms with Crippen LogP contribution in [0.2, 0.25) is 0 Å². The van der Waals surface area contributed by atoms with Gasteiger partial charge in [0, 0.05) is 36.5 Å². The first-order chi connectivity index (χ1) is 14.1. The summed E-state index contributed by atoms with van der Waals surface area (Å²) in [6.07, 6.45) is 6.26. The zero-order chi connectivity index (χ0) is 20.2. The second-order valence-corrected chi connectivity index (χ2v) is 7.81. The molecule has 29 heavy (non-hydrogen) atoms. The maximum Gasteiger partial charge on any atom is 0.274 e. The average Bonchev–Trinajstić information content (AvgIpc) is 3.26. The quantitative estimate of drug-likeness (QED) is 0.530. The Morgan fingerprint density at radius 3 is 2.66 bits per heavy atom. The number of hydrogen-bond donors (Lipinski definition) is 2. The molecule has 2 N–H and O–H groups in total. The minimum Gasteiger partial charge on any atom is -0.340 e. The number of unbranched alkanes of at least 4 members (excludes halogenated alkanes) is 2. The van der Waals surface area contributed by atoms with Gasteiger partial charge in [-0.2, -0.15) is 10.2 Å². The molecule has 152 valence electrons. The van der Waals surface area contributed by atoms with Gasteiger partial charge < -0.3 is 4.90 Å². The van der Waals surface area contributed by atoms with E-state index in [9.17, 15) is 9.18 Å². The molecule has 1 aliphatic carbocycles. The van der Waals surface area contributed by atoms with E-state index in [1.165, 1.54) is 25.0 Å². The second kappa shape index (κ2) is 8.59. The molecule has 6 nitrogen and oxygen atoms in total. The molecular weight excluding hydrogens is 369 g/mol. The van der Waals surface area contributed by atoms with Crippen molar-refractivity contribution >= 4 is 5.91 Å². The number of aromatic nitrogens is 4. The highest BCUT2D eigenvalue weighted by Gasteiger charge is 2.27. The van der Waals surface area contributed by atoms with Crippen molar-refractivity contribution < 1.29 is 9.18 Å². The summed E-state index contributed by atoms with van der Waals surface area (Å²) in [4.78, 5) is 14.2. The number of aromatic amines is 2. The third-order valence-corrected chi connectivity index (χ3v) is 5.39. The van der Waals surface area contributed by atoms with E-state index in [0.717, 1.165) is 48.3 Å². The van der Waals surface area contributed by atoms with Gasteiger partial charge in [0.15, 0.2) is 0 Å². The number of nitrogens with one attached hydrogen (secondary N) is 2. The van der Waals surface area contributed by atoms with E-state index in [4.69, 9.17) is 0 Å². The van der Waals surface area contributed by atoms with Crippen LogP contribution in [0.3, 0.4) is 0 Å². The summed E-state index contributed by atoms with van der Waals surface area (Å²) in [6.45, 7) is 0.717. The smallest absolute Gasteiger partial charge is 0.274 e. The van der Waals surface area contributed by atoms with Crippen molar-refractivity contribution in [3.63, 3.8) is 0 Å². The predicted molar refractivity (Wildman–Crippen MR) is 109 cm³/mol. The maximum absolute atomic E-state index is 13.0. The summed E-state index contributed by atoms with van der Waals surface area (Å²) in [5, 5.41) is 14.5. The number of carbonyl (C=O) groups excluding carboxylic acids is 1. The van der Waals surface area contributed by atoms with Gasteiger partial charge in [0.05, 0.1) is 5.69 Å². The van der Waals surface area contributed by atoms with Crippen LogP contribution in [-0.2, 0) is 6.42 Å². The summed E-state index contributed by atoms with van der Waals surface area (Å²) >= 11 is 0. The van der Waals surface area contributed by atoms with Crippen molar-refractivity contribution in [3.8, 4) is 11.3 Å². The topological polar surface area (TPSA) is 77.7 Å². The first-order valence-corrected chi connectivity index (χ1v) is 10.2. The Morgan fingerprint density at radius 1 is 1.10 bits per heavy atom. The number of rotatable bonds is 9. The number of hydrogen-bond acceptors (Lipinski definition) is 3. The molecule has 0 atom stereocenters. The average molecular weight is 395 g/mol. The van der Waals surface area contributed by atoms with Gasteiger partial charge in [0.1, 0.15) is 11.5 Å². The monoisotopic (exact) mass is 395 g/mol. The molecule has 0 aliphatic heterocycles. The van der Waals surface area contributed by atoms with E-state index >= 15 is 0 Å². The Hall–Kier alpha value is -2.96. The minimum atomic E-state index is -0.247. The van der Waals surface area contributed by atoms with Crippen LogP contribution in [0.25, 0.3) is 11.3 Å². The molecule has 0 unspecified atom stereocenters. The van der Waals surface area contributed by atoms with Gasteiger partial charge in [-0.3, -0.25) is 15.0 Å². The number of amides is 1. The summed E-state index contributed by atoms with van der Waals surface area (Å²) < 4.78 is 13.0. The Balaban J connectivity index is 1.17. The van der Waals surface area contributed by atoms with Crippen LogP contribution in [-0.4, -0.2) is 44.8 Å². The van der Waals surface area contributed by atoms with Crippen LogP contribution >= 0.6 is 0 Å². The third kappa shape index (κ3) is 4.91. The molecule has 0 radical (unpaired) electrons. The lowest BCUT2D eigenvalue weighted by Gasteiger charge is -2.15. The zero-order valence-corrected chi connectivity index (χ0v) is 16.6. The van der Waals surface area contributed by atoms with E-state index in [-0.39, 0.29) is 11.7 Å². The van der Waals surface area contributed by atoms with Gasteiger partial charge >= 0.3 is 0 Å². The number of benzene rings is 1. The lowest BCUT2D eigenvalue weighted by molar-refractivity contribution is 0.0786. The number of carbonyl (C=O) groups is 1. The van der Waals surface area contributed by atoms with E-state index in [0.29, 0.717) is 18.2 Å². The molecule has 0 saturated heterocycles. The summed E-state index contributed by atoms with van der Waals surface area (Å²) in [5.41, 5.74) is 4.39. The van der Waals surface area contributed by atoms with Gasteiger partial charge in [0.25, 0.3) is 5.91 Å². The third-order valence-electron chi connectivity index (χ3n) is 5.39. The predicted octanol–water partition coefficient (Wildman–Crippen LogP) is 4.30. The van der Waals surface area contributed by atoms with E-state index < -0.39 is 0 Å². The molecule has 0 bridgehead atoms.